The van der Waals surface area contributed by atoms with Crippen molar-refractivity contribution in [3.05, 3.63) is 29.8 Å². The van der Waals surface area contributed by atoms with E-state index in [1.807, 2.05) is 11.5 Å². The Morgan fingerprint density at radius 1 is 1.31 bits per heavy atom. The summed E-state index contributed by atoms with van der Waals surface area (Å²) in [6.07, 6.45) is 0. The second-order valence-electron chi connectivity index (χ2n) is 5.59. The molecular formula is C16H19F2N5O2S. The SMILES string of the molecule is CCn1c(SCC(=O)Nc2ccc(F)cc2F)nnc1N1CCOCC1. The molecule has 0 unspecified atom stereocenters. The van der Waals surface area contributed by atoms with Crippen molar-refractivity contribution in [2.24, 2.45) is 0 Å². The Morgan fingerprint density at radius 2 is 2.08 bits per heavy atom. The first-order valence-corrected chi connectivity index (χ1v) is 9.20. The number of nitrogens with zero attached hydrogens (tertiary/aromatic N) is 4. The summed E-state index contributed by atoms with van der Waals surface area (Å²) in [6, 6.07) is 3.01. The van der Waals surface area contributed by atoms with Crippen LogP contribution in [0.15, 0.2) is 23.4 Å². The van der Waals surface area contributed by atoms with Gasteiger partial charge < -0.3 is 15.0 Å². The fourth-order valence-electron chi connectivity index (χ4n) is 2.57. The van der Waals surface area contributed by atoms with Gasteiger partial charge in [-0.05, 0) is 19.1 Å². The predicted octanol–water partition coefficient (Wildman–Crippen LogP) is 2.14. The first-order valence-electron chi connectivity index (χ1n) is 8.22. The number of carbonyl (C=O) groups is 1. The molecular weight excluding hydrogens is 364 g/mol. The van der Waals surface area contributed by atoms with Gasteiger partial charge in [-0.1, -0.05) is 11.8 Å². The Labute approximate surface area is 153 Å². The van der Waals surface area contributed by atoms with Gasteiger partial charge in [-0.2, -0.15) is 0 Å². The average molecular weight is 383 g/mol. The molecule has 7 nitrogen and oxygen atoms in total. The highest BCUT2D eigenvalue weighted by molar-refractivity contribution is 7.99. The molecule has 1 fully saturated rings. The van der Waals surface area contributed by atoms with Gasteiger partial charge in [0, 0.05) is 25.7 Å². The van der Waals surface area contributed by atoms with Crippen LogP contribution >= 0.6 is 11.8 Å². The number of anilines is 2. The lowest BCUT2D eigenvalue weighted by molar-refractivity contribution is -0.113. The van der Waals surface area contributed by atoms with E-state index in [4.69, 9.17) is 4.74 Å². The number of hydrogen-bond donors (Lipinski definition) is 1. The number of morpholine rings is 1. The molecule has 0 spiro atoms. The van der Waals surface area contributed by atoms with E-state index in [0.29, 0.717) is 24.9 Å². The maximum Gasteiger partial charge on any atom is 0.234 e. The van der Waals surface area contributed by atoms with Gasteiger partial charge in [0.2, 0.25) is 11.9 Å². The van der Waals surface area contributed by atoms with Gasteiger partial charge in [0.15, 0.2) is 5.16 Å². The number of halogens is 2. The molecule has 2 aromatic rings. The van der Waals surface area contributed by atoms with Crippen LogP contribution in [0, 0.1) is 11.6 Å². The highest BCUT2D eigenvalue weighted by atomic mass is 32.2. The van der Waals surface area contributed by atoms with Crippen LogP contribution in [0.4, 0.5) is 20.4 Å². The number of ether oxygens (including phenoxy) is 1. The van der Waals surface area contributed by atoms with E-state index in [1.54, 1.807) is 0 Å². The van der Waals surface area contributed by atoms with Gasteiger partial charge in [0.05, 0.1) is 24.7 Å². The van der Waals surface area contributed by atoms with Crippen LogP contribution in [-0.4, -0.2) is 52.7 Å². The summed E-state index contributed by atoms with van der Waals surface area (Å²) in [5, 5.41) is 11.4. The smallest absolute Gasteiger partial charge is 0.234 e. The second kappa shape index (κ2) is 8.45. The van der Waals surface area contributed by atoms with E-state index >= 15 is 0 Å². The Kier molecular flexibility index (Phi) is 6.04. The number of rotatable bonds is 6. The lowest BCUT2D eigenvalue weighted by Gasteiger charge is -2.27. The largest absolute Gasteiger partial charge is 0.378 e. The van der Waals surface area contributed by atoms with Gasteiger partial charge >= 0.3 is 0 Å². The molecule has 26 heavy (non-hydrogen) atoms. The monoisotopic (exact) mass is 383 g/mol. The molecule has 1 aromatic heterocycles. The second-order valence-corrected chi connectivity index (χ2v) is 6.53. The number of hydrogen-bond acceptors (Lipinski definition) is 6. The first kappa shape index (κ1) is 18.6. The van der Waals surface area contributed by atoms with Crippen LogP contribution in [0.25, 0.3) is 0 Å². The van der Waals surface area contributed by atoms with Gasteiger partial charge in [-0.15, -0.1) is 10.2 Å². The lowest BCUT2D eigenvalue weighted by Crippen LogP contribution is -2.38. The summed E-state index contributed by atoms with van der Waals surface area (Å²) >= 11 is 1.22. The molecule has 1 N–H and O–H groups in total. The zero-order chi connectivity index (χ0) is 18.5. The van der Waals surface area contributed by atoms with Crippen LogP contribution in [0.1, 0.15) is 6.92 Å². The number of amides is 1. The summed E-state index contributed by atoms with van der Waals surface area (Å²) in [4.78, 5) is 14.1. The average Bonchev–Trinajstić information content (AvgIpc) is 3.06. The third kappa shape index (κ3) is 4.31. The molecule has 10 heteroatoms. The van der Waals surface area contributed by atoms with Crippen molar-refractivity contribution in [3.63, 3.8) is 0 Å². The van der Waals surface area contributed by atoms with E-state index in [9.17, 15) is 13.6 Å². The van der Waals surface area contributed by atoms with Crippen LogP contribution in [0.2, 0.25) is 0 Å². The van der Waals surface area contributed by atoms with Crippen molar-refractivity contribution in [2.45, 2.75) is 18.6 Å². The molecule has 0 atom stereocenters. The molecule has 1 aromatic carbocycles. The summed E-state index contributed by atoms with van der Waals surface area (Å²) in [5.74, 6) is -1.11. The Balaban J connectivity index is 1.62. The molecule has 0 bridgehead atoms. The van der Waals surface area contributed by atoms with E-state index in [1.165, 1.54) is 17.8 Å². The normalized spacial score (nSPS) is 14.5. The van der Waals surface area contributed by atoms with Crippen molar-refractivity contribution >= 4 is 29.3 Å². The maximum atomic E-state index is 13.6. The highest BCUT2D eigenvalue weighted by Gasteiger charge is 2.20. The van der Waals surface area contributed by atoms with Crippen LogP contribution < -0.4 is 10.2 Å². The number of thioether (sulfide) groups is 1. The highest BCUT2D eigenvalue weighted by Crippen LogP contribution is 2.23. The molecule has 2 heterocycles. The van der Waals surface area contributed by atoms with Crippen LogP contribution in [-0.2, 0) is 16.1 Å². The van der Waals surface area contributed by atoms with Gasteiger partial charge in [-0.25, -0.2) is 8.78 Å². The topological polar surface area (TPSA) is 72.3 Å². The number of carbonyl (C=O) groups excluding carboxylic acids is 1. The van der Waals surface area contributed by atoms with Crippen LogP contribution in [0.5, 0.6) is 0 Å². The van der Waals surface area contributed by atoms with Gasteiger partial charge in [0.1, 0.15) is 11.6 Å². The van der Waals surface area contributed by atoms with Crippen molar-refractivity contribution in [3.8, 4) is 0 Å². The first-order chi connectivity index (χ1) is 12.6. The summed E-state index contributed by atoms with van der Waals surface area (Å²) < 4.78 is 33.8. The molecule has 1 saturated heterocycles. The Bertz CT molecular complexity index is 780. The summed E-state index contributed by atoms with van der Waals surface area (Å²) in [5.41, 5.74) is -0.0528. The van der Waals surface area contributed by atoms with Crippen molar-refractivity contribution in [1.82, 2.24) is 14.8 Å². The molecule has 1 aliphatic rings. The number of aromatic nitrogens is 3. The fourth-order valence-corrected chi connectivity index (χ4v) is 3.37. The van der Waals surface area contributed by atoms with E-state index in [-0.39, 0.29) is 11.4 Å². The third-order valence-corrected chi connectivity index (χ3v) is 4.81. The van der Waals surface area contributed by atoms with Gasteiger partial charge in [-0.3, -0.25) is 9.36 Å². The van der Waals surface area contributed by atoms with E-state index in [2.05, 4.69) is 20.4 Å². The van der Waals surface area contributed by atoms with Gasteiger partial charge in [0.25, 0.3) is 0 Å². The standard InChI is InChI=1S/C16H19F2N5O2S/c1-2-23-15(22-5-7-25-8-6-22)20-21-16(23)26-10-14(24)19-13-4-3-11(17)9-12(13)18/h3-4,9H,2,5-8,10H2,1H3,(H,19,24). The van der Waals surface area contributed by atoms with Crippen molar-refractivity contribution in [2.75, 3.05) is 42.3 Å². The molecule has 1 amide bonds. The third-order valence-electron chi connectivity index (χ3n) is 3.85. The molecule has 0 saturated carbocycles. The molecule has 0 aliphatic carbocycles. The molecule has 140 valence electrons. The zero-order valence-corrected chi connectivity index (χ0v) is 15.1. The van der Waals surface area contributed by atoms with Crippen molar-refractivity contribution < 1.29 is 18.3 Å². The minimum Gasteiger partial charge on any atom is -0.378 e. The quantitative estimate of drug-likeness (QED) is 0.771. The van der Waals surface area contributed by atoms with E-state index in [0.717, 1.165) is 31.2 Å². The van der Waals surface area contributed by atoms with Crippen molar-refractivity contribution in [1.29, 1.82) is 0 Å². The van der Waals surface area contributed by atoms with E-state index < -0.39 is 17.5 Å². The summed E-state index contributed by atoms with van der Waals surface area (Å²) in [6.45, 7) is 5.41. The molecule has 0 radical (unpaired) electrons. The predicted molar refractivity (Wildman–Crippen MR) is 94.4 cm³/mol. The minimum absolute atomic E-state index is 0.0397. The number of benzene rings is 1. The lowest BCUT2D eigenvalue weighted by atomic mass is 10.3. The fraction of sp³-hybridized carbons (Fsp3) is 0.438. The Morgan fingerprint density at radius 3 is 2.77 bits per heavy atom. The summed E-state index contributed by atoms with van der Waals surface area (Å²) in [7, 11) is 0. The molecule has 3 rings (SSSR count). The maximum absolute atomic E-state index is 13.6. The van der Waals surface area contributed by atoms with Crippen LogP contribution in [0.3, 0.4) is 0 Å². The minimum atomic E-state index is -0.810. The zero-order valence-electron chi connectivity index (χ0n) is 14.2. The Hall–Kier alpha value is -2.20. The molecule has 1 aliphatic heterocycles. The number of nitrogens with one attached hydrogen (secondary N) is 1.